The molecule has 2 fully saturated rings. The molecule has 2 heterocycles. The van der Waals surface area contributed by atoms with Crippen molar-refractivity contribution in [2.24, 2.45) is 5.92 Å². The van der Waals surface area contributed by atoms with Crippen molar-refractivity contribution in [2.75, 3.05) is 19.7 Å². The van der Waals surface area contributed by atoms with E-state index in [-0.39, 0.29) is 17.7 Å². The van der Waals surface area contributed by atoms with Crippen molar-refractivity contribution in [3.8, 4) is 0 Å². The molecule has 5 heteroatoms. The van der Waals surface area contributed by atoms with Gasteiger partial charge >= 0.3 is 0 Å². The number of carbonyl (C=O) groups excluding carboxylic acids is 2. The van der Waals surface area contributed by atoms with Crippen molar-refractivity contribution in [1.82, 2.24) is 10.4 Å². The van der Waals surface area contributed by atoms with Gasteiger partial charge in [-0.1, -0.05) is 0 Å². The maximum absolute atomic E-state index is 12.0. The lowest BCUT2D eigenvalue weighted by atomic mass is 9.95. The molecule has 0 saturated carbocycles. The summed E-state index contributed by atoms with van der Waals surface area (Å²) < 4.78 is 0. The molecule has 0 aliphatic carbocycles. The average molecular weight is 240 g/mol. The van der Waals surface area contributed by atoms with Crippen LogP contribution in [0, 0.1) is 5.92 Å². The molecule has 0 bridgehead atoms. The Hall–Kier alpha value is -1.10. The van der Waals surface area contributed by atoms with E-state index in [0.29, 0.717) is 32.5 Å². The van der Waals surface area contributed by atoms with Crippen LogP contribution in [0.5, 0.6) is 0 Å². The molecule has 2 rings (SSSR count). The molecule has 0 spiro atoms. The van der Waals surface area contributed by atoms with Crippen LogP contribution in [0.1, 0.15) is 38.5 Å². The summed E-state index contributed by atoms with van der Waals surface area (Å²) in [6.45, 7) is 1.98. The highest BCUT2D eigenvalue weighted by Gasteiger charge is 2.24. The van der Waals surface area contributed by atoms with Gasteiger partial charge in [0, 0.05) is 25.9 Å². The number of piperidine rings is 1. The van der Waals surface area contributed by atoms with Crippen LogP contribution in [0.4, 0.5) is 0 Å². The van der Waals surface area contributed by atoms with E-state index in [2.05, 4.69) is 5.32 Å². The zero-order chi connectivity index (χ0) is 12.1. The molecule has 1 atom stereocenters. The molecule has 0 aromatic carbocycles. The number of carbonyl (C=O) groups is 2. The molecular weight excluding hydrogens is 220 g/mol. The predicted molar refractivity (Wildman–Crippen MR) is 61.9 cm³/mol. The van der Waals surface area contributed by atoms with Gasteiger partial charge in [-0.15, -0.1) is 0 Å². The van der Waals surface area contributed by atoms with E-state index in [0.717, 1.165) is 25.7 Å². The summed E-state index contributed by atoms with van der Waals surface area (Å²) in [5.41, 5.74) is 0. The number of nitrogens with zero attached hydrogens (tertiary/aromatic N) is 1. The Morgan fingerprint density at radius 3 is 3.06 bits per heavy atom. The van der Waals surface area contributed by atoms with Crippen molar-refractivity contribution >= 4 is 11.8 Å². The van der Waals surface area contributed by atoms with Crippen LogP contribution in [0.15, 0.2) is 0 Å². The quantitative estimate of drug-likeness (QED) is 0.778. The molecular formula is C12H20N2O3. The highest BCUT2D eigenvalue weighted by molar-refractivity contribution is 5.78. The van der Waals surface area contributed by atoms with E-state index in [1.54, 1.807) is 0 Å². The average Bonchev–Trinajstić information content (AvgIpc) is 2.61. The van der Waals surface area contributed by atoms with Crippen molar-refractivity contribution in [1.29, 1.82) is 0 Å². The minimum atomic E-state index is 0.0630. The van der Waals surface area contributed by atoms with Gasteiger partial charge in [0.05, 0.1) is 6.61 Å². The van der Waals surface area contributed by atoms with Crippen LogP contribution < -0.4 is 5.32 Å². The fourth-order valence-electron chi connectivity index (χ4n) is 2.28. The SMILES string of the molecule is O=C1CCC(CC(=O)N2CCCCCO2)CN1. The molecule has 1 N–H and O–H groups in total. The molecule has 2 aliphatic heterocycles. The number of hydrogen-bond donors (Lipinski definition) is 1. The molecule has 2 aliphatic rings. The Labute approximate surface area is 101 Å². The molecule has 0 aromatic rings. The molecule has 0 radical (unpaired) electrons. The minimum Gasteiger partial charge on any atom is -0.356 e. The van der Waals surface area contributed by atoms with Gasteiger partial charge in [0.15, 0.2) is 0 Å². The Kier molecular flexibility index (Phi) is 4.36. The summed E-state index contributed by atoms with van der Waals surface area (Å²) >= 11 is 0. The van der Waals surface area contributed by atoms with Crippen LogP contribution in [-0.4, -0.2) is 36.6 Å². The molecule has 1 unspecified atom stereocenters. The van der Waals surface area contributed by atoms with Crippen molar-refractivity contribution < 1.29 is 14.4 Å². The fourth-order valence-corrected chi connectivity index (χ4v) is 2.28. The van der Waals surface area contributed by atoms with Crippen molar-refractivity contribution in [2.45, 2.75) is 38.5 Å². The Morgan fingerprint density at radius 1 is 1.41 bits per heavy atom. The van der Waals surface area contributed by atoms with Gasteiger partial charge in [0.1, 0.15) is 0 Å². The molecule has 2 saturated heterocycles. The van der Waals surface area contributed by atoms with Gasteiger partial charge in [-0.25, -0.2) is 5.06 Å². The highest BCUT2D eigenvalue weighted by atomic mass is 16.7. The second-order valence-corrected chi connectivity index (χ2v) is 4.80. The van der Waals surface area contributed by atoms with E-state index in [1.807, 2.05) is 0 Å². The third-order valence-electron chi connectivity index (χ3n) is 3.36. The third-order valence-corrected chi connectivity index (χ3v) is 3.36. The molecule has 0 aromatic heterocycles. The number of hydrogen-bond acceptors (Lipinski definition) is 3. The Bertz CT molecular complexity index is 275. The molecule has 17 heavy (non-hydrogen) atoms. The Morgan fingerprint density at radius 2 is 2.29 bits per heavy atom. The zero-order valence-corrected chi connectivity index (χ0v) is 10.1. The minimum absolute atomic E-state index is 0.0630. The highest BCUT2D eigenvalue weighted by Crippen LogP contribution is 2.17. The zero-order valence-electron chi connectivity index (χ0n) is 10.1. The summed E-state index contributed by atoms with van der Waals surface area (Å²) in [6.07, 6.45) is 5.02. The van der Waals surface area contributed by atoms with Crippen LogP contribution in [0.3, 0.4) is 0 Å². The largest absolute Gasteiger partial charge is 0.356 e. The van der Waals surface area contributed by atoms with Gasteiger partial charge in [-0.3, -0.25) is 14.4 Å². The summed E-state index contributed by atoms with van der Waals surface area (Å²) in [4.78, 5) is 28.4. The number of nitrogens with one attached hydrogen (secondary N) is 1. The number of hydroxylamine groups is 2. The first-order valence-corrected chi connectivity index (χ1v) is 6.45. The van der Waals surface area contributed by atoms with Crippen LogP contribution in [0.25, 0.3) is 0 Å². The van der Waals surface area contributed by atoms with Crippen molar-refractivity contribution in [3.63, 3.8) is 0 Å². The van der Waals surface area contributed by atoms with E-state index < -0.39 is 0 Å². The number of rotatable bonds is 2. The molecule has 96 valence electrons. The van der Waals surface area contributed by atoms with E-state index in [4.69, 9.17) is 4.84 Å². The lowest BCUT2D eigenvalue weighted by Gasteiger charge is -2.25. The smallest absolute Gasteiger partial charge is 0.246 e. The van der Waals surface area contributed by atoms with E-state index >= 15 is 0 Å². The molecule has 2 amide bonds. The maximum Gasteiger partial charge on any atom is 0.246 e. The van der Waals surface area contributed by atoms with Crippen LogP contribution >= 0.6 is 0 Å². The summed E-state index contributed by atoms with van der Waals surface area (Å²) in [5, 5.41) is 4.32. The lowest BCUT2D eigenvalue weighted by Crippen LogP contribution is -2.39. The lowest BCUT2D eigenvalue weighted by molar-refractivity contribution is -0.184. The maximum atomic E-state index is 12.0. The summed E-state index contributed by atoms with van der Waals surface area (Å²) in [7, 11) is 0. The van der Waals surface area contributed by atoms with Gasteiger partial charge < -0.3 is 5.32 Å². The first-order valence-electron chi connectivity index (χ1n) is 6.45. The molecule has 5 nitrogen and oxygen atoms in total. The normalized spacial score (nSPS) is 26.2. The second-order valence-electron chi connectivity index (χ2n) is 4.80. The monoisotopic (exact) mass is 240 g/mol. The van der Waals surface area contributed by atoms with Gasteiger partial charge in [-0.05, 0) is 31.6 Å². The standard InChI is InChI=1S/C12H20N2O3/c15-11-5-4-10(9-13-11)8-12(16)14-6-2-1-3-7-17-14/h10H,1-9H2,(H,13,15). The van der Waals surface area contributed by atoms with E-state index in [9.17, 15) is 9.59 Å². The van der Waals surface area contributed by atoms with Crippen LogP contribution in [-0.2, 0) is 14.4 Å². The third kappa shape index (κ3) is 3.70. The summed E-state index contributed by atoms with van der Waals surface area (Å²) in [6, 6.07) is 0. The fraction of sp³-hybridized carbons (Fsp3) is 0.833. The van der Waals surface area contributed by atoms with Gasteiger partial charge in [0.25, 0.3) is 0 Å². The Balaban J connectivity index is 1.77. The van der Waals surface area contributed by atoms with E-state index in [1.165, 1.54) is 5.06 Å². The van der Waals surface area contributed by atoms with Gasteiger partial charge in [-0.2, -0.15) is 0 Å². The number of amides is 2. The van der Waals surface area contributed by atoms with Crippen molar-refractivity contribution in [3.05, 3.63) is 0 Å². The second kappa shape index (κ2) is 6.00. The summed E-state index contributed by atoms with van der Waals surface area (Å²) in [5.74, 6) is 0.430. The van der Waals surface area contributed by atoms with Gasteiger partial charge in [0.2, 0.25) is 11.8 Å². The topological polar surface area (TPSA) is 58.6 Å². The first-order chi connectivity index (χ1) is 8.25. The van der Waals surface area contributed by atoms with Crippen LogP contribution in [0.2, 0.25) is 0 Å². The first kappa shape index (κ1) is 12.4. The predicted octanol–water partition coefficient (Wildman–Crippen LogP) is 0.847.